The highest BCUT2D eigenvalue weighted by atomic mass is 79.9. The minimum Gasteiger partial charge on any atom is -0.379 e. The summed E-state index contributed by atoms with van der Waals surface area (Å²) in [5, 5.41) is 4.23. The van der Waals surface area contributed by atoms with Gasteiger partial charge in [-0.25, -0.2) is 4.68 Å². The molecule has 1 aromatic rings. The van der Waals surface area contributed by atoms with Gasteiger partial charge in [-0.15, -0.1) is 5.10 Å². The maximum atomic E-state index is 5.38. The monoisotopic (exact) mass is 338 g/mol. The summed E-state index contributed by atoms with van der Waals surface area (Å²) in [5.74, 6) is 0. The molecule has 0 amide bonds. The fourth-order valence-corrected chi connectivity index (χ4v) is 2.49. The van der Waals surface area contributed by atoms with Crippen molar-refractivity contribution in [3.63, 3.8) is 0 Å². The summed E-state index contributed by atoms with van der Waals surface area (Å²) in [4.78, 5) is 6.44. The predicted molar refractivity (Wildman–Crippen MR) is 62.4 cm³/mol. The van der Waals surface area contributed by atoms with Gasteiger partial charge in [0.2, 0.25) is 4.73 Å². The molecule has 1 aliphatic rings. The van der Waals surface area contributed by atoms with Gasteiger partial charge in [0.1, 0.15) is 0 Å². The molecule has 0 saturated carbocycles. The Bertz CT molecular complexity index is 343. The van der Waals surface area contributed by atoms with Crippen LogP contribution in [0.25, 0.3) is 0 Å². The second kappa shape index (κ2) is 4.90. The van der Waals surface area contributed by atoms with Gasteiger partial charge in [0.25, 0.3) is 0 Å². The van der Waals surface area contributed by atoms with Crippen LogP contribution in [0, 0.1) is 0 Å². The van der Waals surface area contributed by atoms with Crippen molar-refractivity contribution < 1.29 is 4.74 Å². The Hall–Kier alpha value is 0.0200. The molecule has 0 radical (unpaired) electrons. The second-order valence-corrected chi connectivity index (χ2v) is 4.95. The van der Waals surface area contributed by atoms with E-state index in [0.717, 1.165) is 31.2 Å². The van der Waals surface area contributed by atoms with E-state index in [4.69, 9.17) is 4.74 Å². The molecule has 1 aliphatic heterocycles. The van der Waals surface area contributed by atoms with Gasteiger partial charge >= 0.3 is 0 Å². The zero-order valence-corrected chi connectivity index (χ0v) is 11.5. The molecule has 84 valence electrons. The van der Waals surface area contributed by atoms with Gasteiger partial charge in [-0.05, 0) is 38.8 Å². The minimum atomic E-state index is 0.425. The van der Waals surface area contributed by atoms with Gasteiger partial charge in [-0.1, -0.05) is 0 Å². The molecule has 0 bridgehead atoms. The lowest BCUT2D eigenvalue weighted by atomic mass is 10.3. The van der Waals surface area contributed by atoms with Crippen LogP contribution >= 0.6 is 31.9 Å². The van der Waals surface area contributed by atoms with Crippen molar-refractivity contribution in [3.05, 3.63) is 9.47 Å². The first kappa shape index (κ1) is 11.5. The summed E-state index contributed by atoms with van der Waals surface area (Å²) in [6.07, 6.45) is 0. The highest BCUT2D eigenvalue weighted by Gasteiger charge is 2.20. The van der Waals surface area contributed by atoms with Gasteiger partial charge in [0.05, 0.1) is 19.9 Å². The van der Waals surface area contributed by atoms with Crippen LogP contribution in [0.5, 0.6) is 0 Å². The van der Waals surface area contributed by atoms with Crippen LogP contribution in [0.15, 0.2) is 9.47 Å². The van der Waals surface area contributed by atoms with Crippen molar-refractivity contribution in [1.82, 2.24) is 19.7 Å². The van der Waals surface area contributed by atoms with E-state index in [2.05, 4.69) is 53.8 Å². The first-order valence-corrected chi connectivity index (χ1v) is 6.33. The molecular weight excluding hydrogens is 328 g/mol. The molecule has 2 heterocycles. The molecule has 1 saturated heterocycles. The second-order valence-electron chi connectivity index (χ2n) is 3.53. The summed E-state index contributed by atoms with van der Waals surface area (Å²) in [6, 6.07) is 0.425. The average molecular weight is 340 g/mol. The Labute approximate surface area is 105 Å². The van der Waals surface area contributed by atoms with Gasteiger partial charge in [-0.3, -0.25) is 4.90 Å². The third-order valence-corrected chi connectivity index (χ3v) is 3.34. The molecule has 7 heteroatoms. The van der Waals surface area contributed by atoms with Gasteiger partial charge in [0, 0.05) is 12.6 Å². The van der Waals surface area contributed by atoms with Gasteiger partial charge < -0.3 is 4.74 Å². The maximum absolute atomic E-state index is 5.38. The Morgan fingerprint density at radius 3 is 2.93 bits per heavy atom. The molecule has 0 aliphatic carbocycles. The van der Waals surface area contributed by atoms with Crippen LogP contribution in [-0.4, -0.2) is 45.5 Å². The van der Waals surface area contributed by atoms with Crippen molar-refractivity contribution in [2.24, 2.45) is 0 Å². The number of hydrogen-bond donors (Lipinski definition) is 0. The van der Waals surface area contributed by atoms with Crippen molar-refractivity contribution in [2.45, 2.75) is 19.6 Å². The molecule has 0 N–H and O–H groups in total. The summed E-state index contributed by atoms with van der Waals surface area (Å²) >= 11 is 6.61. The molecule has 0 aromatic carbocycles. The van der Waals surface area contributed by atoms with E-state index in [9.17, 15) is 0 Å². The van der Waals surface area contributed by atoms with E-state index in [0.29, 0.717) is 10.8 Å². The number of halogens is 2. The first-order chi connectivity index (χ1) is 7.16. The lowest BCUT2D eigenvalue weighted by Gasteiger charge is -2.32. The van der Waals surface area contributed by atoms with Crippen LogP contribution in [0.2, 0.25) is 0 Å². The van der Waals surface area contributed by atoms with Crippen LogP contribution in [0.1, 0.15) is 6.92 Å². The zero-order valence-electron chi connectivity index (χ0n) is 8.36. The topological polar surface area (TPSA) is 43.2 Å². The quantitative estimate of drug-likeness (QED) is 0.818. The summed E-state index contributed by atoms with van der Waals surface area (Å²) in [7, 11) is 0. The Kier molecular flexibility index (Phi) is 3.76. The van der Waals surface area contributed by atoms with Crippen molar-refractivity contribution in [1.29, 1.82) is 0 Å². The molecule has 1 unspecified atom stereocenters. The lowest BCUT2D eigenvalue weighted by molar-refractivity contribution is -0.0177. The van der Waals surface area contributed by atoms with Gasteiger partial charge in [0.15, 0.2) is 4.73 Å². The standard InChI is InChI=1S/C8H12Br2N4O/c1-6-4-15-3-2-13(6)5-14-8(10)11-7(9)12-14/h6H,2-5H2,1H3. The molecule has 2 rings (SSSR count). The Morgan fingerprint density at radius 2 is 2.33 bits per heavy atom. The highest BCUT2D eigenvalue weighted by molar-refractivity contribution is 9.11. The van der Waals surface area contributed by atoms with Crippen molar-refractivity contribution in [3.8, 4) is 0 Å². The van der Waals surface area contributed by atoms with E-state index in [1.165, 1.54) is 0 Å². The van der Waals surface area contributed by atoms with E-state index in [-0.39, 0.29) is 0 Å². The van der Waals surface area contributed by atoms with Gasteiger partial charge in [-0.2, -0.15) is 4.98 Å². The third kappa shape index (κ3) is 2.77. The van der Waals surface area contributed by atoms with E-state index < -0.39 is 0 Å². The minimum absolute atomic E-state index is 0.425. The SMILES string of the molecule is CC1COCCN1Cn1nc(Br)nc1Br. The summed E-state index contributed by atoms with van der Waals surface area (Å²) in [5.41, 5.74) is 0. The zero-order chi connectivity index (χ0) is 10.8. The predicted octanol–water partition coefficient (Wildman–Crippen LogP) is 1.48. The number of aromatic nitrogens is 3. The van der Waals surface area contributed by atoms with Crippen LogP contribution in [0.3, 0.4) is 0 Å². The van der Waals surface area contributed by atoms with Crippen LogP contribution < -0.4 is 0 Å². The Balaban J connectivity index is 2.04. The van der Waals surface area contributed by atoms with Crippen LogP contribution in [0.4, 0.5) is 0 Å². The maximum Gasteiger partial charge on any atom is 0.218 e. The number of rotatable bonds is 2. The molecule has 1 aromatic heterocycles. The van der Waals surface area contributed by atoms with E-state index in [1.807, 2.05) is 4.68 Å². The molecule has 1 fully saturated rings. The number of hydrogen-bond acceptors (Lipinski definition) is 4. The molecule has 1 atom stereocenters. The first-order valence-electron chi connectivity index (χ1n) is 4.74. The lowest BCUT2D eigenvalue weighted by Crippen LogP contribution is -2.44. The summed E-state index contributed by atoms with van der Waals surface area (Å²) in [6.45, 7) is 5.40. The third-order valence-electron chi connectivity index (χ3n) is 2.42. The Morgan fingerprint density at radius 1 is 1.53 bits per heavy atom. The van der Waals surface area contributed by atoms with Crippen LogP contribution in [-0.2, 0) is 11.4 Å². The number of ether oxygens (including phenoxy) is 1. The number of morpholine rings is 1. The van der Waals surface area contributed by atoms with E-state index in [1.54, 1.807) is 0 Å². The molecule has 5 nitrogen and oxygen atoms in total. The fraction of sp³-hybridized carbons (Fsp3) is 0.750. The normalized spacial score (nSPS) is 23.3. The molecule has 15 heavy (non-hydrogen) atoms. The fourth-order valence-electron chi connectivity index (χ4n) is 1.53. The highest BCUT2D eigenvalue weighted by Crippen LogP contribution is 2.14. The molecular formula is C8H12Br2N4O. The summed E-state index contributed by atoms with van der Waals surface area (Å²) < 4.78 is 8.55. The average Bonchev–Trinajstić information content (AvgIpc) is 2.49. The largest absolute Gasteiger partial charge is 0.379 e. The smallest absolute Gasteiger partial charge is 0.218 e. The molecule has 0 spiro atoms. The van der Waals surface area contributed by atoms with E-state index >= 15 is 0 Å². The van der Waals surface area contributed by atoms with Crippen molar-refractivity contribution in [2.75, 3.05) is 19.8 Å². The number of nitrogens with zero attached hydrogens (tertiary/aromatic N) is 4. The van der Waals surface area contributed by atoms with Crippen molar-refractivity contribution >= 4 is 31.9 Å².